The summed E-state index contributed by atoms with van der Waals surface area (Å²) in [4.78, 5) is 2.61. The minimum atomic E-state index is -0.674. The number of aliphatic hydroxyl groups is 1. The van der Waals surface area contributed by atoms with E-state index in [0.29, 0.717) is 0 Å². The van der Waals surface area contributed by atoms with Gasteiger partial charge >= 0.3 is 0 Å². The molecule has 0 aliphatic heterocycles. The largest absolute Gasteiger partial charge is 0.390 e. The second-order valence-electron chi connectivity index (χ2n) is 2.82. The Labute approximate surface area is 59.5 Å². The summed E-state index contributed by atoms with van der Waals surface area (Å²) in [6.07, 6.45) is 3.67. The average molecular weight is 141 g/mol. The molecule has 0 aromatic heterocycles. The van der Waals surface area contributed by atoms with Gasteiger partial charge in [-0.2, -0.15) is 0 Å². The van der Waals surface area contributed by atoms with Crippen molar-refractivity contribution >= 4 is 0 Å². The van der Waals surface area contributed by atoms with Crippen LogP contribution in [0.2, 0.25) is 0 Å². The molecule has 0 bridgehead atoms. The lowest BCUT2D eigenvalue weighted by molar-refractivity contribution is 0.0571. The zero-order valence-corrected chi connectivity index (χ0v) is 5.82. The van der Waals surface area contributed by atoms with Crippen molar-refractivity contribution in [1.82, 2.24) is 0 Å². The van der Waals surface area contributed by atoms with E-state index in [1.165, 1.54) is 0 Å². The quantitative estimate of drug-likeness (QED) is 0.354. The number of hydrogen-bond donors (Lipinski definition) is 1. The molecule has 0 unspecified atom stereocenters. The van der Waals surface area contributed by atoms with Gasteiger partial charge < -0.3 is 5.11 Å². The summed E-state index contributed by atoms with van der Waals surface area (Å²) in [6, 6.07) is 0. The standard InChI is InChI=1S/C6H11N3O/c7-9-8-5-6(10)3-1-2-4-6/h10H,1-5H2. The molecule has 1 saturated carbocycles. The maximum Gasteiger partial charge on any atom is 0.0704 e. The van der Waals surface area contributed by atoms with Crippen molar-refractivity contribution < 1.29 is 5.11 Å². The molecule has 1 aliphatic carbocycles. The predicted molar refractivity (Wildman–Crippen MR) is 37.4 cm³/mol. The first-order valence-electron chi connectivity index (χ1n) is 3.50. The van der Waals surface area contributed by atoms with Crippen molar-refractivity contribution in [2.24, 2.45) is 5.11 Å². The number of rotatable bonds is 2. The summed E-state index contributed by atoms with van der Waals surface area (Å²) in [6.45, 7) is 0.240. The third-order valence-electron chi connectivity index (χ3n) is 1.96. The zero-order valence-electron chi connectivity index (χ0n) is 5.82. The van der Waals surface area contributed by atoms with Crippen molar-refractivity contribution in [2.75, 3.05) is 6.54 Å². The summed E-state index contributed by atoms with van der Waals surface area (Å²) in [5.41, 5.74) is 7.31. The van der Waals surface area contributed by atoms with Crippen LogP contribution in [-0.4, -0.2) is 17.3 Å². The molecular formula is C6H11N3O. The van der Waals surface area contributed by atoms with Gasteiger partial charge in [-0.1, -0.05) is 18.0 Å². The molecular weight excluding hydrogens is 130 g/mol. The first-order valence-corrected chi connectivity index (χ1v) is 3.50. The molecule has 0 saturated heterocycles. The SMILES string of the molecule is [N-]=[N+]=NCC1(O)CCCC1. The number of hydrogen-bond acceptors (Lipinski definition) is 2. The van der Waals surface area contributed by atoms with E-state index in [1.807, 2.05) is 0 Å². The molecule has 10 heavy (non-hydrogen) atoms. The van der Waals surface area contributed by atoms with Crippen LogP contribution in [0.3, 0.4) is 0 Å². The average Bonchev–Trinajstić information content (AvgIpc) is 2.33. The van der Waals surface area contributed by atoms with Crippen LogP contribution in [0, 0.1) is 0 Å². The van der Waals surface area contributed by atoms with Gasteiger partial charge in [-0.15, -0.1) is 0 Å². The van der Waals surface area contributed by atoms with E-state index in [-0.39, 0.29) is 6.54 Å². The van der Waals surface area contributed by atoms with Crippen molar-refractivity contribution in [1.29, 1.82) is 0 Å². The fourth-order valence-corrected chi connectivity index (χ4v) is 1.35. The highest BCUT2D eigenvalue weighted by atomic mass is 16.3. The van der Waals surface area contributed by atoms with Crippen LogP contribution in [0.25, 0.3) is 10.4 Å². The van der Waals surface area contributed by atoms with Crippen molar-refractivity contribution in [3.8, 4) is 0 Å². The lowest BCUT2D eigenvalue weighted by Crippen LogP contribution is -2.27. The smallest absolute Gasteiger partial charge is 0.0704 e. The maximum absolute atomic E-state index is 9.56. The van der Waals surface area contributed by atoms with Crippen LogP contribution < -0.4 is 0 Å². The highest BCUT2D eigenvalue weighted by molar-refractivity contribution is 4.86. The molecule has 4 nitrogen and oxygen atoms in total. The van der Waals surface area contributed by atoms with Gasteiger partial charge in [0.05, 0.1) is 12.1 Å². The van der Waals surface area contributed by atoms with Gasteiger partial charge in [0.2, 0.25) is 0 Å². The summed E-state index contributed by atoms with van der Waals surface area (Å²) in [5, 5.41) is 12.9. The van der Waals surface area contributed by atoms with Crippen LogP contribution >= 0.6 is 0 Å². The molecule has 1 aliphatic rings. The Hall–Kier alpha value is -0.730. The molecule has 0 atom stereocenters. The van der Waals surface area contributed by atoms with Crippen LogP contribution in [0.15, 0.2) is 5.11 Å². The number of nitrogens with zero attached hydrogens (tertiary/aromatic N) is 3. The summed E-state index contributed by atoms with van der Waals surface area (Å²) in [5.74, 6) is 0. The van der Waals surface area contributed by atoms with Gasteiger partial charge in [-0.25, -0.2) is 0 Å². The summed E-state index contributed by atoms with van der Waals surface area (Å²) >= 11 is 0. The van der Waals surface area contributed by atoms with Crippen LogP contribution in [0.1, 0.15) is 25.7 Å². The zero-order chi connectivity index (χ0) is 7.45. The van der Waals surface area contributed by atoms with Crippen molar-refractivity contribution in [3.05, 3.63) is 10.4 Å². The van der Waals surface area contributed by atoms with Gasteiger partial charge in [-0.3, -0.25) is 0 Å². The Kier molecular flexibility index (Phi) is 2.14. The molecule has 4 heteroatoms. The van der Waals surface area contributed by atoms with E-state index in [0.717, 1.165) is 25.7 Å². The van der Waals surface area contributed by atoms with Gasteiger partial charge in [-0.05, 0) is 18.4 Å². The van der Waals surface area contributed by atoms with Crippen molar-refractivity contribution in [2.45, 2.75) is 31.3 Å². The minimum Gasteiger partial charge on any atom is -0.390 e. The fourth-order valence-electron chi connectivity index (χ4n) is 1.35. The van der Waals surface area contributed by atoms with Crippen LogP contribution in [-0.2, 0) is 0 Å². The summed E-state index contributed by atoms with van der Waals surface area (Å²) in [7, 11) is 0. The molecule has 0 aromatic carbocycles. The minimum absolute atomic E-state index is 0.240. The Morgan fingerprint density at radius 1 is 1.50 bits per heavy atom. The third-order valence-corrected chi connectivity index (χ3v) is 1.96. The Morgan fingerprint density at radius 2 is 2.10 bits per heavy atom. The molecule has 0 aromatic rings. The van der Waals surface area contributed by atoms with E-state index >= 15 is 0 Å². The van der Waals surface area contributed by atoms with Gasteiger partial charge in [0.1, 0.15) is 0 Å². The molecule has 0 amide bonds. The molecule has 1 fully saturated rings. The first-order chi connectivity index (χ1) is 4.77. The normalized spacial score (nSPS) is 22.1. The van der Waals surface area contributed by atoms with Crippen molar-refractivity contribution in [3.63, 3.8) is 0 Å². The Morgan fingerprint density at radius 3 is 2.60 bits per heavy atom. The summed E-state index contributed by atoms with van der Waals surface area (Å²) < 4.78 is 0. The molecule has 1 rings (SSSR count). The topological polar surface area (TPSA) is 69.0 Å². The van der Waals surface area contributed by atoms with E-state index < -0.39 is 5.60 Å². The molecule has 1 N–H and O–H groups in total. The molecule has 0 radical (unpaired) electrons. The monoisotopic (exact) mass is 141 g/mol. The Balaban J connectivity index is 2.42. The van der Waals surface area contributed by atoms with E-state index in [2.05, 4.69) is 10.0 Å². The second-order valence-corrected chi connectivity index (χ2v) is 2.82. The third kappa shape index (κ3) is 1.62. The van der Waals surface area contributed by atoms with Gasteiger partial charge in [0, 0.05) is 4.91 Å². The van der Waals surface area contributed by atoms with Gasteiger partial charge in [0.15, 0.2) is 0 Å². The maximum atomic E-state index is 9.56. The van der Waals surface area contributed by atoms with Gasteiger partial charge in [0.25, 0.3) is 0 Å². The van der Waals surface area contributed by atoms with E-state index in [9.17, 15) is 5.11 Å². The highest BCUT2D eigenvalue weighted by Crippen LogP contribution is 2.29. The molecule has 56 valence electrons. The number of azide groups is 1. The van der Waals surface area contributed by atoms with Crippen LogP contribution in [0.5, 0.6) is 0 Å². The van der Waals surface area contributed by atoms with E-state index in [1.54, 1.807) is 0 Å². The molecule has 0 spiro atoms. The highest BCUT2D eigenvalue weighted by Gasteiger charge is 2.29. The fraction of sp³-hybridized carbons (Fsp3) is 1.00. The lowest BCUT2D eigenvalue weighted by Gasteiger charge is -2.17. The molecule has 0 heterocycles. The van der Waals surface area contributed by atoms with Crippen LogP contribution in [0.4, 0.5) is 0 Å². The lowest BCUT2D eigenvalue weighted by atomic mass is 10.0. The predicted octanol–water partition coefficient (Wildman–Crippen LogP) is 1.60. The first kappa shape index (κ1) is 7.38. The van der Waals surface area contributed by atoms with E-state index in [4.69, 9.17) is 5.53 Å². The Bertz CT molecular complexity index is 156. The second kappa shape index (κ2) is 2.90.